The Hall–Kier alpha value is -0.850. The van der Waals surface area contributed by atoms with Crippen molar-refractivity contribution in [2.24, 2.45) is 0 Å². The third kappa shape index (κ3) is 5.26. The normalized spacial score (nSPS) is 10.8. The molecule has 20 heavy (non-hydrogen) atoms. The van der Waals surface area contributed by atoms with Crippen LogP contribution in [0.5, 0.6) is 5.75 Å². The van der Waals surface area contributed by atoms with Crippen molar-refractivity contribution < 1.29 is 47.6 Å². The SMILES string of the molecule is O=S(=O)([O-])Cc1ccc(Cc2ccccc2)cc1O.[Na+]. The Morgan fingerprint density at radius 2 is 1.65 bits per heavy atom. The first-order chi connectivity index (χ1) is 8.94. The summed E-state index contributed by atoms with van der Waals surface area (Å²) in [6, 6.07) is 14.4. The van der Waals surface area contributed by atoms with Crippen LogP contribution in [0.2, 0.25) is 0 Å². The van der Waals surface area contributed by atoms with E-state index in [9.17, 15) is 18.1 Å². The molecule has 4 nitrogen and oxygen atoms in total. The molecule has 0 heterocycles. The standard InChI is InChI=1S/C14H14O4S.Na/c15-14-9-12(8-11-4-2-1-3-5-11)6-7-13(14)10-19(16,17)18;/h1-7,9,15H,8,10H2,(H,16,17,18);/q;+1/p-1. The smallest absolute Gasteiger partial charge is 0.748 e. The minimum Gasteiger partial charge on any atom is -0.748 e. The molecular formula is C14H13NaO4S. The van der Waals surface area contributed by atoms with Gasteiger partial charge in [-0.2, -0.15) is 0 Å². The molecule has 0 atom stereocenters. The van der Waals surface area contributed by atoms with Crippen LogP contribution in [0.4, 0.5) is 0 Å². The van der Waals surface area contributed by atoms with Crippen molar-refractivity contribution in [1.29, 1.82) is 0 Å². The second-order valence-electron chi connectivity index (χ2n) is 4.33. The van der Waals surface area contributed by atoms with E-state index in [0.29, 0.717) is 6.42 Å². The van der Waals surface area contributed by atoms with Gasteiger partial charge in [-0.05, 0) is 23.6 Å². The van der Waals surface area contributed by atoms with E-state index in [4.69, 9.17) is 0 Å². The molecular weight excluding hydrogens is 287 g/mol. The van der Waals surface area contributed by atoms with Crippen LogP contribution in [0, 0.1) is 0 Å². The van der Waals surface area contributed by atoms with E-state index in [-0.39, 0.29) is 40.9 Å². The molecule has 0 aromatic heterocycles. The zero-order chi connectivity index (χ0) is 13.9. The Bertz CT molecular complexity index is 669. The van der Waals surface area contributed by atoms with Gasteiger partial charge in [0, 0.05) is 5.56 Å². The molecule has 2 aromatic rings. The third-order valence-corrected chi connectivity index (χ3v) is 3.40. The van der Waals surface area contributed by atoms with E-state index >= 15 is 0 Å². The maximum absolute atomic E-state index is 10.7. The monoisotopic (exact) mass is 300 g/mol. The summed E-state index contributed by atoms with van der Waals surface area (Å²) in [5, 5.41) is 9.73. The molecule has 0 unspecified atom stereocenters. The van der Waals surface area contributed by atoms with Crippen LogP contribution in [0.25, 0.3) is 0 Å². The van der Waals surface area contributed by atoms with Crippen LogP contribution in [0.1, 0.15) is 16.7 Å². The van der Waals surface area contributed by atoms with Gasteiger partial charge in [0.05, 0.1) is 15.9 Å². The van der Waals surface area contributed by atoms with Crippen LogP contribution in [-0.2, 0) is 22.3 Å². The Balaban J connectivity index is 0.00000200. The summed E-state index contributed by atoms with van der Waals surface area (Å²) in [6.07, 6.45) is 0.638. The molecule has 0 fully saturated rings. The van der Waals surface area contributed by atoms with E-state index in [1.165, 1.54) is 12.1 Å². The zero-order valence-corrected chi connectivity index (χ0v) is 13.9. The minimum absolute atomic E-state index is 0. The number of rotatable bonds is 4. The Morgan fingerprint density at radius 1 is 1.00 bits per heavy atom. The Kier molecular flexibility index (Phi) is 6.23. The molecule has 2 rings (SSSR count). The molecule has 0 amide bonds. The topological polar surface area (TPSA) is 77.4 Å². The maximum atomic E-state index is 10.7. The first-order valence-electron chi connectivity index (χ1n) is 5.72. The van der Waals surface area contributed by atoms with E-state index in [1.807, 2.05) is 30.3 Å². The number of hydrogen-bond donors (Lipinski definition) is 1. The van der Waals surface area contributed by atoms with E-state index in [1.54, 1.807) is 6.07 Å². The average molecular weight is 300 g/mol. The van der Waals surface area contributed by atoms with Crippen molar-refractivity contribution >= 4 is 10.1 Å². The maximum Gasteiger partial charge on any atom is 1.00 e. The van der Waals surface area contributed by atoms with E-state index in [2.05, 4.69) is 0 Å². The summed E-state index contributed by atoms with van der Waals surface area (Å²) >= 11 is 0. The largest absolute Gasteiger partial charge is 1.00 e. The fourth-order valence-corrected chi connectivity index (χ4v) is 2.49. The molecule has 0 aliphatic rings. The van der Waals surface area contributed by atoms with Gasteiger partial charge in [0.2, 0.25) is 0 Å². The van der Waals surface area contributed by atoms with Crippen molar-refractivity contribution in [1.82, 2.24) is 0 Å². The number of phenolic OH excluding ortho intramolecular Hbond substituents is 1. The number of hydrogen-bond acceptors (Lipinski definition) is 4. The van der Waals surface area contributed by atoms with Crippen molar-refractivity contribution in [3.05, 3.63) is 65.2 Å². The molecule has 6 heteroatoms. The molecule has 0 radical (unpaired) electrons. The van der Waals surface area contributed by atoms with E-state index < -0.39 is 15.9 Å². The van der Waals surface area contributed by atoms with Crippen molar-refractivity contribution in [3.8, 4) is 5.75 Å². The molecule has 1 N–H and O–H groups in total. The molecule has 2 aromatic carbocycles. The number of aromatic hydroxyl groups is 1. The van der Waals surface area contributed by atoms with Gasteiger partial charge in [0.1, 0.15) is 5.75 Å². The average Bonchev–Trinajstić information content (AvgIpc) is 2.33. The predicted octanol–water partition coefficient (Wildman–Crippen LogP) is -0.968. The third-order valence-electron chi connectivity index (χ3n) is 2.73. The molecule has 0 aliphatic heterocycles. The van der Waals surface area contributed by atoms with Gasteiger partial charge >= 0.3 is 29.6 Å². The Labute approximate surface area is 140 Å². The van der Waals surface area contributed by atoms with Crippen LogP contribution < -0.4 is 29.6 Å². The number of benzene rings is 2. The molecule has 100 valence electrons. The summed E-state index contributed by atoms with van der Waals surface area (Å²) < 4.78 is 32.0. The van der Waals surface area contributed by atoms with Gasteiger partial charge in [-0.1, -0.05) is 42.5 Å². The Morgan fingerprint density at radius 3 is 2.20 bits per heavy atom. The molecule has 0 spiro atoms. The summed E-state index contributed by atoms with van der Waals surface area (Å²) in [5.41, 5.74) is 2.08. The van der Waals surface area contributed by atoms with Crippen LogP contribution >= 0.6 is 0 Å². The van der Waals surface area contributed by atoms with Crippen molar-refractivity contribution in [3.63, 3.8) is 0 Å². The van der Waals surface area contributed by atoms with Gasteiger partial charge in [-0.25, -0.2) is 8.42 Å². The van der Waals surface area contributed by atoms with Crippen LogP contribution in [0.15, 0.2) is 48.5 Å². The molecule has 0 bridgehead atoms. The van der Waals surface area contributed by atoms with Gasteiger partial charge in [-0.15, -0.1) is 0 Å². The van der Waals surface area contributed by atoms with Gasteiger partial charge in [0.25, 0.3) is 0 Å². The first kappa shape index (κ1) is 17.2. The van der Waals surface area contributed by atoms with Gasteiger partial charge in [0.15, 0.2) is 0 Å². The fourth-order valence-electron chi connectivity index (χ4n) is 1.86. The predicted molar refractivity (Wildman–Crippen MR) is 70.8 cm³/mol. The van der Waals surface area contributed by atoms with E-state index in [0.717, 1.165) is 11.1 Å². The van der Waals surface area contributed by atoms with Crippen LogP contribution in [-0.4, -0.2) is 18.1 Å². The van der Waals surface area contributed by atoms with Gasteiger partial charge in [-0.3, -0.25) is 0 Å². The second kappa shape index (κ2) is 7.24. The molecule has 0 saturated heterocycles. The van der Waals surface area contributed by atoms with Crippen LogP contribution in [0.3, 0.4) is 0 Å². The first-order valence-corrected chi connectivity index (χ1v) is 7.30. The molecule has 0 aliphatic carbocycles. The summed E-state index contributed by atoms with van der Waals surface area (Å²) in [5.74, 6) is -0.849. The molecule has 0 saturated carbocycles. The summed E-state index contributed by atoms with van der Waals surface area (Å²) in [4.78, 5) is 0. The van der Waals surface area contributed by atoms with Crippen molar-refractivity contribution in [2.75, 3.05) is 0 Å². The summed E-state index contributed by atoms with van der Waals surface area (Å²) in [6.45, 7) is 0. The minimum atomic E-state index is -4.38. The number of phenols is 1. The van der Waals surface area contributed by atoms with Crippen molar-refractivity contribution in [2.45, 2.75) is 12.2 Å². The fraction of sp³-hybridized carbons (Fsp3) is 0.143. The second-order valence-corrected chi connectivity index (χ2v) is 5.73. The summed E-state index contributed by atoms with van der Waals surface area (Å²) in [7, 11) is -4.38. The van der Waals surface area contributed by atoms with Gasteiger partial charge < -0.3 is 9.66 Å². The zero-order valence-electron chi connectivity index (χ0n) is 11.1. The quantitative estimate of drug-likeness (QED) is 0.582.